The minimum atomic E-state index is -0.400. The Labute approximate surface area is 101 Å². The number of benzene rings is 1. The zero-order valence-corrected chi connectivity index (χ0v) is 9.54. The van der Waals surface area contributed by atoms with Crippen LogP contribution in [0.25, 0.3) is 0 Å². The van der Waals surface area contributed by atoms with Crippen LogP contribution in [0.3, 0.4) is 0 Å². The first-order valence-electron chi connectivity index (χ1n) is 4.82. The smallest absolute Gasteiger partial charge is 0.264 e. The molecule has 0 saturated heterocycles. The van der Waals surface area contributed by atoms with Crippen molar-refractivity contribution in [2.45, 2.75) is 0 Å². The molecule has 1 aromatic heterocycles. The molecule has 1 N–H and O–H groups in total. The van der Waals surface area contributed by atoms with Crippen LogP contribution in [0.5, 0.6) is 5.75 Å². The number of carbonyl (C=O) groups is 1. The molecule has 1 amide bonds. The van der Waals surface area contributed by atoms with Gasteiger partial charge in [-0.2, -0.15) is 0 Å². The summed E-state index contributed by atoms with van der Waals surface area (Å²) in [5.74, 6) is -0.411. The Morgan fingerprint density at radius 3 is 3.12 bits per heavy atom. The van der Waals surface area contributed by atoms with Crippen molar-refractivity contribution in [3.63, 3.8) is 0 Å². The summed E-state index contributed by atoms with van der Waals surface area (Å²) in [4.78, 5) is 15.3. The van der Waals surface area contributed by atoms with Gasteiger partial charge in [-0.1, -0.05) is 6.07 Å². The van der Waals surface area contributed by atoms with Gasteiger partial charge >= 0.3 is 0 Å². The minimum Gasteiger partial charge on any atom is -0.484 e. The Kier molecular flexibility index (Phi) is 3.66. The van der Waals surface area contributed by atoms with Gasteiger partial charge in [0.15, 0.2) is 11.7 Å². The number of carbonyl (C=O) groups excluding carboxylic acids is 1. The molecular formula is C11H9FN2O2S. The van der Waals surface area contributed by atoms with E-state index < -0.39 is 5.82 Å². The van der Waals surface area contributed by atoms with E-state index in [1.54, 1.807) is 17.6 Å². The number of rotatable bonds is 4. The normalized spacial score (nSPS) is 9.94. The molecule has 0 unspecified atom stereocenters. The van der Waals surface area contributed by atoms with Crippen molar-refractivity contribution in [2.24, 2.45) is 0 Å². The number of hydrogen-bond acceptors (Lipinski definition) is 4. The van der Waals surface area contributed by atoms with Crippen LogP contribution < -0.4 is 10.1 Å². The van der Waals surface area contributed by atoms with Crippen molar-refractivity contribution in [3.05, 3.63) is 41.7 Å². The molecule has 2 aromatic rings. The number of nitrogens with one attached hydrogen (secondary N) is 1. The molecule has 1 aromatic carbocycles. The molecule has 0 bridgehead atoms. The quantitative estimate of drug-likeness (QED) is 0.908. The molecule has 0 fully saturated rings. The fourth-order valence-corrected chi connectivity index (χ4v) is 1.69. The lowest BCUT2D eigenvalue weighted by atomic mass is 10.3. The van der Waals surface area contributed by atoms with E-state index in [0.717, 1.165) is 0 Å². The number of amides is 1. The fraction of sp³-hybridized carbons (Fsp3) is 0.0909. The van der Waals surface area contributed by atoms with Crippen molar-refractivity contribution >= 4 is 22.4 Å². The van der Waals surface area contributed by atoms with E-state index >= 15 is 0 Å². The molecule has 0 spiro atoms. The maximum Gasteiger partial charge on any atom is 0.264 e. The second-order valence-corrected chi connectivity index (χ2v) is 4.03. The van der Waals surface area contributed by atoms with Crippen molar-refractivity contribution < 1.29 is 13.9 Å². The summed E-state index contributed by atoms with van der Waals surface area (Å²) in [5, 5.41) is 4.82. The molecule has 0 aliphatic heterocycles. The van der Waals surface area contributed by atoms with Gasteiger partial charge in [0.2, 0.25) is 0 Å². The SMILES string of the molecule is O=C(COc1cccc(F)c1)Nc1nccs1. The number of halogens is 1. The maximum absolute atomic E-state index is 12.8. The maximum atomic E-state index is 12.8. The Morgan fingerprint density at radius 2 is 2.41 bits per heavy atom. The highest BCUT2D eigenvalue weighted by Crippen LogP contribution is 2.13. The van der Waals surface area contributed by atoms with Crippen molar-refractivity contribution in [2.75, 3.05) is 11.9 Å². The third-order valence-corrected chi connectivity index (χ3v) is 2.53. The molecule has 17 heavy (non-hydrogen) atoms. The molecule has 2 rings (SSSR count). The predicted octanol–water partition coefficient (Wildman–Crippen LogP) is 2.30. The van der Waals surface area contributed by atoms with Gasteiger partial charge in [0, 0.05) is 17.6 Å². The zero-order chi connectivity index (χ0) is 12.1. The molecule has 0 saturated carbocycles. The lowest BCUT2D eigenvalue weighted by molar-refractivity contribution is -0.118. The first kappa shape index (κ1) is 11.5. The average Bonchev–Trinajstić information content (AvgIpc) is 2.79. The van der Waals surface area contributed by atoms with Gasteiger partial charge in [-0.05, 0) is 12.1 Å². The Hall–Kier alpha value is -1.95. The van der Waals surface area contributed by atoms with Crippen LogP contribution in [0.1, 0.15) is 0 Å². The Bertz CT molecular complexity index is 502. The van der Waals surface area contributed by atoms with E-state index in [-0.39, 0.29) is 12.5 Å². The minimum absolute atomic E-state index is 0.178. The van der Waals surface area contributed by atoms with Gasteiger partial charge in [-0.15, -0.1) is 11.3 Å². The van der Waals surface area contributed by atoms with Crippen molar-refractivity contribution in [1.82, 2.24) is 4.98 Å². The molecule has 6 heteroatoms. The highest BCUT2D eigenvalue weighted by atomic mass is 32.1. The molecule has 0 aliphatic rings. The number of thiazole rings is 1. The van der Waals surface area contributed by atoms with Gasteiger partial charge in [0.05, 0.1) is 0 Å². The van der Waals surface area contributed by atoms with Gasteiger partial charge in [-0.25, -0.2) is 9.37 Å². The highest BCUT2D eigenvalue weighted by Gasteiger charge is 2.05. The van der Waals surface area contributed by atoms with Gasteiger partial charge in [-0.3, -0.25) is 10.1 Å². The number of hydrogen-bond donors (Lipinski definition) is 1. The number of nitrogens with zero attached hydrogens (tertiary/aromatic N) is 1. The molecule has 1 heterocycles. The lowest BCUT2D eigenvalue weighted by Crippen LogP contribution is -2.19. The lowest BCUT2D eigenvalue weighted by Gasteiger charge is -2.05. The molecule has 0 radical (unpaired) electrons. The molecule has 0 atom stereocenters. The average molecular weight is 252 g/mol. The highest BCUT2D eigenvalue weighted by molar-refractivity contribution is 7.13. The van der Waals surface area contributed by atoms with Crippen LogP contribution in [-0.4, -0.2) is 17.5 Å². The third kappa shape index (κ3) is 3.53. The predicted molar refractivity (Wildman–Crippen MR) is 62.6 cm³/mol. The first-order chi connectivity index (χ1) is 8.24. The number of ether oxygens (including phenoxy) is 1. The fourth-order valence-electron chi connectivity index (χ4n) is 1.15. The van der Waals surface area contributed by atoms with E-state index in [2.05, 4.69) is 10.3 Å². The first-order valence-corrected chi connectivity index (χ1v) is 5.70. The van der Waals surface area contributed by atoms with Gasteiger partial charge < -0.3 is 4.74 Å². The largest absolute Gasteiger partial charge is 0.484 e. The zero-order valence-electron chi connectivity index (χ0n) is 8.72. The molecular weight excluding hydrogens is 243 g/mol. The van der Waals surface area contributed by atoms with E-state index in [0.29, 0.717) is 10.9 Å². The van der Waals surface area contributed by atoms with E-state index in [9.17, 15) is 9.18 Å². The van der Waals surface area contributed by atoms with Crippen LogP contribution in [0.15, 0.2) is 35.8 Å². The van der Waals surface area contributed by atoms with E-state index in [4.69, 9.17) is 4.74 Å². The van der Waals surface area contributed by atoms with E-state index in [1.807, 2.05) is 0 Å². The number of anilines is 1. The van der Waals surface area contributed by atoms with Crippen molar-refractivity contribution in [1.29, 1.82) is 0 Å². The Morgan fingerprint density at radius 1 is 1.53 bits per heavy atom. The summed E-state index contributed by atoms with van der Waals surface area (Å²) in [5.41, 5.74) is 0. The summed E-state index contributed by atoms with van der Waals surface area (Å²) in [6, 6.07) is 5.63. The molecule has 4 nitrogen and oxygen atoms in total. The van der Waals surface area contributed by atoms with Crippen LogP contribution in [-0.2, 0) is 4.79 Å². The topological polar surface area (TPSA) is 51.2 Å². The summed E-state index contributed by atoms with van der Waals surface area (Å²) in [6.07, 6.45) is 1.59. The van der Waals surface area contributed by atoms with Crippen LogP contribution in [0.4, 0.5) is 9.52 Å². The molecule has 88 valence electrons. The second kappa shape index (κ2) is 5.40. The van der Waals surface area contributed by atoms with Crippen molar-refractivity contribution in [3.8, 4) is 5.75 Å². The van der Waals surface area contributed by atoms with Gasteiger partial charge in [0.1, 0.15) is 11.6 Å². The summed E-state index contributed by atoms with van der Waals surface area (Å²) < 4.78 is 17.9. The van der Waals surface area contributed by atoms with Crippen LogP contribution >= 0.6 is 11.3 Å². The summed E-state index contributed by atoms with van der Waals surface area (Å²) in [7, 11) is 0. The van der Waals surface area contributed by atoms with Crippen LogP contribution in [0.2, 0.25) is 0 Å². The third-order valence-electron chi connectivity index (χ3n) is 1.84. The summed E-state index contributed by atoms with van der Waals surface area (Å²) >= 11 is 1.32. The standard InChI is InChI=1S/C11H9FN2O2S/c12-8-2-1-3-9(6-8)16-7-10(15)14-11-13-4-5-17-11/h1-6H,7H2,(H,13,14,15). The van der Waals surface area contributed by atoms with E-state index in [1.165, 1.54) is 29.5 Å². The Balaban J connectivity index is 1.84. The van der Waals surface area contributed by atoms with Gasteiger partial charge in [0.25, 0.3) is 5.91 Å². The molecule has 0 aliphatic carbocycles. The van der Waals surface area contributed by atoms with Crippen LogP contribution in [0, 0.1) is 5.82 Å². The summed E-state index contributed by atoms with van der Waals surface area (Å²) in [6.45, 7) is -0.178. The number of aromatic nitrogens is 1. The monoisotopic (exact) mass is 252 g/mol. The second-order valence-electron chi connectivity index (χ2n) is 3.13.